The highest BCUT2D eigenvalue weighted by Crippen LogP contribution is 2.21. The topological polar surface area (TPSA) is 98.1 Å². The van der Waals surface area contributed by atoms with E-state index < -0.39 is 11.9 Å². The van der Waals surface area contributed by atoms with Crippen molar-refractivity contribution in [2.24, 2.45) is 0 Å². The molecule has 7 nitrogen and oxygen atoms in total. The van der Waals surface area contributed by atoms with Gasteiger partial charge in [-0.15, -0.1) is 0 Å². The quantitative estimate of drug-likeness (QED) is 0.425. The van der Waals surface area contributed by atoms with Crippen molar-refractivity contribution in [2.45, 2.75) is 18.5 Å². The van der Waals surface area contributed by atoms with Crippen LogP contribution in [-0.2, 0) is 4.79 Å². The van der Waals surface area contributed by atoms with E-state index in [0.29, 0.717) is 16.6 Å². The van der Waals surface area contributed by atoms with Crippen LogP contribution in [-0.4, -0.2) is 22.8 Å². The molecule has 1 aliphatic rings. The molecule has 0 saturated carbocycles. The second-order valence-electron chi connectivity index (χ2n) is 5.40. The minimum atomic E-state index is -0.462. The van der Waals surface area contributed by atoms with Crippen molar-refractivity contribution in [3.05, 3.63) is 64.4 Å². The van der Waals surface area contributed by atoms with Crippen molar-refractivity contribution in [1.82, 2.24) is 26.7 Å². The molecule has 0 spiro atoms. The summed E-state index contributed by atoms with van der Waals surface area (Å²) in [6.07, 6.45) is 2.21. The summed E-state index contributed by atoms with van der Waals surface area (Å²) in [6, 6.07) is 12.7. The maximum atomic E-state index is 12.2. The highest BCUT2D eigenvalue weighted by molar-refractivity contribution is 7.71. The minimum absolute atomic E-state index is 0.0422. The van der Waals surface area contributed by atoms with Gasteiger partial charge in [-0.2, -0.15) is 0 Å². The molecule has 1 aliphatic heterocycles. The first-order chi connectivity index (χ1) is 11.6. The molecule has 2 aromatic rings. The van der Waals surface area contributed by atoms with Gasteiger partial charge in [-0.3, -0.25) is 20.4 Å². The van der Waals surface area contributed by atoms with E-state index in [0.717, 1.165) is 5.56 Å². The summed E-state index contributed by atoms with van der Waals surface area (Å²) in [6.45, 7) is 0. The minimum Gasteiger partial charge on any atom is -0.352 e. The van der Waals surface area contributed by atoms with Crippen LogP contribution in [0.4, 0.5) is 0 Å². The first-order valence-corrected chi connectivity index (χ1v) is 7.90. The van der Waals surface area contributed by atoms with E-state index in [1.165, 1.54) is 0 Å². The van der Waals surface area contributed by atoms with Gasteiger partial charge in [-0.05, 0) is 24.1 Å². The fourth-order valence-corrected chi connectivity index (χ4v) is 2.73. The summed E-state index contributed by atoms with van der Waals surface area (Å²) in [4.78, 5) is 27.0. The monoisotopic (exact) mass is 343 g/mol. The Morgan fingerprint density at radius 3 is 2.58 bits per heavy atom. The number of pyridine rings is 1. The Kier molecular flexibility index (Phi) is 4.99. The molecule has 8 heteroatoms. The predicted octanol–water partition coefficient (Wildman–Crippen LogP) is 1.11. The predicted molar refractivity (Wildman–Crippen MR) is 91.1 cm³/mol. The summed E-state index contributed by atoms with van der Waals surface area (Å²) >= 11 is 5.03. The number of aromatic nitrogens is 1. The smallest absolute Gasteiger partial charge is 0.272 e. The van der Waals surface area contributed by atoms with Crippen LogP contribution < -0.4 is 21.7 Å². The number of hydrogen-bond donors (Lipinski definition) is 5. The van der Waals surface area contributed by atoms with Gasteiger partial charge in [0.2, 0.25) is 0 Å². The van der Waals surface area contributed by atoms with Gasteiger partial charge >= 0.3 is 0 Å². The lowest BCUT2D eigenvalue weighted by atomic mass is 10.0. The summed E-state index contributed by atoms with van der Waals surface area (Å²) < 4.78 is 0.314. The fourth-order valence-electron chi connectivity index (χ4n) is 2.51. The molecule has 0 bridgehead atoms. The van der Waals surface area contributed by atoms with E-state index in [1.54, 1.807) is 18.3 Å². The number of hydrogen-bond acceptors (Lipinski definition) is 5. The lowest BCUT2D eigenvalue weighted by Crippen LogP contribution is -2.50. The molecule has 2 amide bonds. The van der Waals surface area contributed by atoms with Gasteiger partial charge in [0, 0.05) is 12.2 Å². The number of amides is 2. The average molecular weight is 343 g/mol. The van der Waals surface area contributed by atoms with Crippen LogP contribution in [0.25, 0.3) is 0 Å². The van der Waals surface area contributed by atoms with Crippen LogP contribution in [0.15, 0.2) is 48.7 Å². The second kappa shape index (κ2) is 7.35. The van der Waals surface area contributed by atoms with Crippen molar-refractivity contribution in [2.75, 3.05) is 0 Å². The molecular weight excluding hydrogens is 326 g/mol. The first kappa shape index (κ1) is 16.3. The highest BCUT2D eigenvalue weighted by atomic mass is 32.1. The zero-order chi connectivity index (χ0) is 16.9. The molecule has 1 fully saturated rings. The number of carbonyl (C=O) groups is 2. The molecular formula is C16H17N5O2S. The summed E-state index contributed by atoms with van der Waals surface area (Å²) in [5.41, 5.74) is 12.2. The molecule has 1 aromatic heterocycles. The summed E-state index contributed by atoms with van der Waals surface area (Å²) in [5, 5.41) is 0. The van der Waals surface area contributed by atoms with E-state index in [1.807, 2.05) is 30.3 Å². The Morgan fingerprint density at radius 1 is 1.04 bits per heavy atom. The molecule has 2 heterocycles. The zero-order valence-corrected chi connectivity index (χ0v) is 13.5. The Hall–Kier alpha value is -2.55. The van der Waals surface area contributed by atoms with Crippen molar-refractivity contribution in [3.63, 3.8) is 0 Å². The lowest BCUT2D eigenvalue weighted by molar-refractivity contribution is -0.123. The molecule has 5 N–H and O–H groups in total. The first-order valence-electron chi connectivity index (χ1n) is 7.49. The third kappa shape index (κ3) is 3.67. The van der Waals surface area contributed by atoms with Gasteiger partial charge < -0.3 is 4.98 Å². The van der Waals surface area contributed by atoms with Gasteiger partial charge in [0.1, 0.15) is 10.7 Å². The van der Waals surface area contributed by atoms with Crippen LogP contribution in [0.2, 0.25) is 0 Å². The number of hydrazine groups is 2. The molecule has 0 radical (unpaired) electrons. The standard InChI is InChI=1S/C16H17N5O2S/c22-14(11-7-4-8-17-16(11)24)20-21-15(23)13-9-12(18-19-13)10-5-2-1-3-6-10/h1-8,12-13,18-19H,9H2,(H,17,24)(H,20,22)(H,21,23). The van der Waals surface area contributed by atoms with Crippen LogP contribution in [0.5, 0.6) is 0 Å². The third-order valence-corrected chi connectivity index (χ3v) is 4.12. The van der Waals surface area contributed by atoms with Gasteiger partial charge in [0.25, 0.3) is 11.8 Å². The van der Waals surface area contributed by atoms with Crippen LogP contribution in [0, 0.1) is 4.64 Å². The molecule has 124 valence electrons. The van der Waals surface area contributed by atoms with Gasteiger partial charge in [-0.1, -0.05) is 42.5 Å². The summed E-state index contributed by atoms with van der Waals surface area (Å²) in [7, 11) is 0. The molecule has 0 aliphatic carbocycles. The largest absolute Gasteiger partial charge is 0.352 e. The van der Waals surface area contributed by atoms with Crippen molar-refractivity contribution < 1.29 is 9.59 Å². The maximum Gasteiger partial charge on any atom is 0.272 e. The number of aromatic amines is 1. The van der Waals surface area contributed by atoms with E-state index in [2.05, 4.69) is 26.7 Å². The Labute approximate surface area is 143 Å². The number of rotatable bonds is 3. The van der Waals surface area contributed by atoms with Crippen molar-refractivity contribution in [1.29, 1.82) is 0 Å². The van der Waals surface area contributed by atoms with Gasteiger partial charge in [-0.25, -0.2) is 10.9 Å². The van der Waals surface area contributed by atoms with E-state index in [4.69, 9.17) is 12.2 Å². The SMILES string of the molecule is O=C(NNC(=O)C1CC(c2ccccc2)NN1)c1ccc[nH]c1=S. The highest BCUT2D eigenvalue weighted by Gasteiger charge is 2.30. The van der Waals surface area contributed by atoms with Gasteiger partial charge in [0.15, 0.2) is 0 Å². The molecule has 2 unspecified atom stereocenters. The van der Waals surface area contributed by atoms with Gasteiger partial charge in [0.05, 0.1) is 5.56 Å². The van der Waals surface area contributed by atoms with Crippen molar-refractivity contribution in [3.8, 4) is 0 Å². The Bertz CT molecular complexity index is 792. The lowest BCUT2D eigenvalue weighted by Gasteiger charge is -2.11. The molecule has 1 aromatic carbocycles. The Balaban J connectivity index is 1.54. The third-order valence-electron chi connectivity index (χ3n) is 3.78. The van der Waals surface area contributed by atoms with E-state index >= 15 is 0 Å². The average Bonchev–Trinajstić information content (AvgIpc) is 3.11. The van der Waals surface area contributed by atoms with Crippen LogP contribution in [0.1, 0.15) is 28.4 Å². The molecule has 3 rings (SSSR count). The van der Waals surface area contributed by atoms with E-state index in [-0.39, 0.29) is 11.9 Å². The van der Waals surface area contributed by atoms with Crippen LogP contribution in [0.3, 0.4) is 0 Å². The fraction of sp³-hybridized carbons (Fsp3) is 0.188. The molecule has 1 saturated heterocycles. The summed E-state index contributed by atoms with van der Waals surface area (Å²) in [5.74, 6) is -0.782. The number of nitrogens with one attached hydrogen (secondary N) is 5. The Morgan fingerprint density at radius 2 is 1.83 bits per heavy atom. The molecule has 2 atom stereocenters. The van der Waals surface area contributed by atoms with Crippen LogP contribution >= 0.6 is 12.2 Å². The van der Waals surface area contributed by atoms with E-state index in [9.17, 15) is 9.59 Å². The second-order valence-corrected chi connectivity index (χ2v) is 5.80. The number of benzene rings is 1. The zero-order valence-electron chi connectivity index (χ0n) is 12.7. The van der Waals surface area contributed by atoms with Crippen molar-refractivity contribution >= 4 is 24.0 Å². The number of H-pyrrole nitrogens is 1. The number of carbonyl (C=O) groups excluding carboxylic acids is 2. The maximum absolute atomic E-state index is 12.2. The normalized spacial score (nSPS) is 19.7. The molecule has 24 heavy (non-hydrogen) atoms.